The van der Waals surface area contributed by atoms with Crippen molar-refractivity contribution in [3.8, 4) is 0 Å². The van der Waals surface area contributed by atoms with E-state index in [4.69, 9.17) is 10.7 Å². The van der Waals surface area contributed by atoms with Crippen LogP contribution in [0.2, 0.25) is 0 Å². The molecule has 0 bridgehead atoms. The third-order valence-electron chi connectivity index (χ3n) is 5.39. The molecule has 3 aromatic rings. The number of aromatic nitrogens is 4. The summed E-state index contributed by atoms with van der Waals surface area (Å²) in [6, 6.07) is 6.37. The normalized spacial score (nSPS) is 15.2. The number of carbonyl (C=O) groups excluding carboxylic acids is 1. The topological polar surface area (TPSA) is 113 Å². The van der Waals surface area contributed by atoms with E-state index in [-0.39, 0.29) is 23.7 Å². The van der Waals surface area contributed by atoms with Crippen molar-refractivity contribution in [2.75, 3.05) is 42.1 Å². The number of halogens is 1. The van der Waals surface area contributed by atoms with Gasteiger partial charge >= 0.3 is 0 Å². The van der Waals surface area contributed by atoms with Gasteiger partial charge in [0, 0.05) is 50.1 Å². The molecule has 1 saturated heterocycles. The highest BCUT2D eigenvalue weighted by molar-refractivity contribution is 5.82. The molecule has 1 aliphatic heterocycles. The van der Waals surface area contributed by atoms with Crippen molar-refractivity contribution in [1.82, 2.24) is 24.8 Å². The summed E-state index contributed by atoms with van der Waals surface area (Å²) in [5.74, 6) is 1.53. The first kappa shape index (κ1) is 20.7. The summed E-state index contributed by atoms with van der Waals surface area (Å²) < 4.78 is 13.8. The number of nitrogens with two attached hydrogens (primary N) is 1. The van der Waals surface area contributed by atoms with Crippen LogP contribution in [0.5, 0.6) is 0 Å². The summed E-state index contributed by atoms with van der Waals surface area (Å²) in [6.45, 7) is 7.82. The predicted molar refractivity (Wildman–Crippen MR) is 117 cm³/mol. The molecule has 1 atom stereocenters. The van der Waals surface area contributed by atoms with Crippen molar-refractivity contribution in [3.63, 3.8) is 0 Å². The van der Waals surface area contributed by atoms with Crippen LogP contribution in [0.25, 0.3) is 10.9 Å². The summed E-state index contributed by atoms with van der Waals surface area (Å²) in [5, 5.41) is 4.11. The quantitative estimate of drug-likeness (QED) is 0.656. The number of nitrogens with zero attached hydrogens (tertiary/aromatic N) is 6. The zero-order valence-electron chi connectivity index (χ0n) is 17.8. The van der Waals surface area contributed by atoms with Crippen LogP contribution in [0.15, 0.2) is 24.3 Å². The Kier molecular flexibility index (Phi) is 5.53. The third kappa shape index (κ3) is 4.47. The van der Waals surface area contributed by atoms with Crippen LogP contribution < -0.4 is 16.0 Å². The Morgan fingerprint density at radius 1 is 1.13 bits per heavy atom. The zero-order valence-corrected chi connectivity index (χ0v) is 17.8. The highest BCUT2D eigenvalue weighted by Crippen LogP contribution is 2.31. The number of hydrogen-bond acceptors (Lipinski definition) is 8. The Labute approximate surface area is 179 Å². The van der Waals surface area contributed by atoms with Crippen LogP contribution in [0.3, 0.4) is 0 Å². The van der Waals surface area contributed by atoms with Gasteiger partial charge in [-0.15, -0.1) is 0 Å². The minimum atomic E-state index is -0.331. The molecule has 9 nitrogen and oxygen atoms in total. The van der Waals surface area contributed by atoms with Crippen molar-refractivity contribution in [1.29, 1.82) is 0 Å². The number of carbonyl (C=O) groups is 1. The minimum Gasteiger partial charge on any atom is -0.368 e. The summed E-state index contributed by atoms with van der Waals surface area (Å²) in [7, 11) is 0. The fourth-order valence-corrected chi connectivity index (χ4v) is 3.79. The van der Waals surface area contributed by atoms with Gasteiger partial charge in [0.15, 0.2) is 0 Å². The fraction of sp³-hybridized carbons (Fsp3) is 0.381. The van der Waals surface area contributed by atoms with E-state index >= 15 is 0 Å². The van der Waals surface area contributed by atoms with E-state index in [1.807, 2.05) is 17.9 Å². The molecule has 0 unspecified atom stereocenters. The average Bonchev–Trinajstić information content (AvgIpc) is 2.72. The molecule has 162 valence electrons. The van der Waals surface area contributed by atoms with Gasteiger partial charge in [0.25, 0.3) is 0 Å². The Hall–Kier alpha value is -3.56. The smallest absolute Gasteiger partial charge is 0.228 e. The van der Waals surface area contributed by atoms with Gasteiger partial charge in [0.2, 0.25) is 17.8 Å². The lowest BCUT2D eigenvalue weighted by atomic mass is 10.0. The Morgan fingerprint density at radius 2 is 1.87 bits per heavy atom. The van der Waals surface area contributed by atoms with E-state index < -0.39 is 0 Å². The molecular weight excluding hydrogens is 399 g/mol. The molecule has 31 heavy (non-hydrogen) atoms. The highest BCUT2D eigenvalue weighted by Gasteiger charge is 2.24. The lowest BCUT2D eigenvalue weighted by Crippen LogP contribution is -2.48. The molecule has 3 heterocycles. The molecule has 1 aromatic carbocycles. The predicted octanol–water partition coefficient (Wildman–Crippen LogP) is 2.29. The standard InChI is InChI=1S/C21H25FN8O/c1-12(24-21-26-13(2)25-20(23)28-21)17-10-15-4-5-16(22)11-18(15)27-19(17)30-8-6-29(7-9-30)14(3)31/h4-5,10-12H,6-9H2,1-3H3,(H3,23,24,25,26,28)/t12-/m0/s1. The summed E-state index contributed by atoms with van der Waals surface area (Å²) in [5.41, 5.74) is 7.26. The maximum atomic E-state index is 13.8. The molecule has 2 aromatic heterocycles. The molecular formula is C21H25FN8O. The molecule has 10 heteroatoms. The zero-order chi connectivity index (χ0) is 22.1. The number of rotatable bonds is 4. The van der Waals surface area contributed by atoms with Crippen molar-refractivity contribution < 1.29 is 9.18 Å². The lowest BCUT2D eigenvalue weighted by Gasteiger charge is -2.36. The van der Waals surface area contributed by atoms with E-state index in [2.05, 4.69) is 25.2 Å². The summed E-state index contributed by atoms with van der Waals surface area (Å²) >= 11 is 0. The van der Waals surface area contributed by atoms with Crippen molar-refractivity contribution in [3.05, 3.63) is 41.5 Å². The van der Waals surface area contributed by atoms with Crippen LogP contribution in [-0.4, -0.2) is 56.9 Å². The van der Waals surface area contributed by atoms with Crippen LogP contribution in [0.1, 0.15) is 31.3 Å². The first-order chi connectivity index (χ1) is 14.8. The SMILES string of the molecule is CC(=O)N1CCN(c2nc3cc(F)ccc3cc2[C@H](C)Nc2nc(C)nc(N)n2)CC1. The number of aryl methyl sites for hydroxylation is 1. The van der Waals surface area contributed by atoms with E-state index in [9.17, 15) is 9.18 Å². The number of benzene rings is 1. The number of nitrogen functional groups attached to an aromatic ring is 1. The van der Waals surface area contributed by atoms with Gasteiger partial charge in [-0.1, -0.05) is 0 Å². The number of fused-ring (bicyclic) bond motifs is 1. The van der Waals surface area contributed by atoms with Crippen LogP contribution in [0.4, 0.5) is 22.1 Å². The van der Waals surface area contributed by atoms with Crippen molar-refractivity contribution in [2.24, 2.45) is 0 Å². The van der Waals surface area contributed by atoms with Crippen LogP contribution in [-0.2, 0) is 4.79 Å². The van der Waals surface area contributed by atoms with E-state index in [1.54, 1.807) is 19.9 Å². The van der Waals surface area contributed by atoms with Gasteiger partial charge in [-0.3, -0.25) is 4.79 Å². The number of anilines is 3. The largest absolute Gasteiger partial charge is 0.368 e. The molecule has 0 radical (unpaired) electrons. The molecule has 1 aliphatic rings. The molecule has 3 N–H and O–H groups in total. The number of pyridine rings is 1. The summed E-state index contributed by atoms with van der Waals surface area (Å²) in [4.78, 5) is 32.9. The van der Waals surface area contributed by atoms with E-state index in [1.165, 1.54) is 12.1 Å². The lowest BCUT2D eigenvalue weighted by molar-refractivity contribution is -0.129. The first-order valence-corrected chi connectivity index (χ1v) is 10.2. The maximum Gasteiger partial charge on any atom is 0.228 e. The fourth-order valence-electron chi connectivity index (χ4n) is 3.79. The maximum absolute atomic E-state index is 13.8. The average molecular weight is 424 g/mol. The molecule has 0 aliphatic carbocycles. The monoisotopic (exact) mass is 424 g/mol. The third-order valence-corrected chi connectivity index (χ3v) is 5.39. The Morgan fingerprint density at radius 3 is 2.55 bits per heavy atom. The van der Waals surface area contributed by atoms with E-state index in [0.717, 1.165) is 16.8 Å². The Bertz CT molecular complexity index is 1110. The van der Waals surface area contributed by atoms with Gasteiger partial charge < -0.3 is 20.9 Å². The second-order valence-corrected chi connectivity index (χ2v) is 7.66. The first-order valence-electron chi connectivity index (χ1n) is 10.2. The van der Waals surface area contributed by atoms with Crippen LogP contribution >= 0.6 is 0 Å². The number of piperazine rings is 1. The van der Waals surface area contributed by atoms with Gasteiger partial charge in [-0.2, -0.15) is 15.0 Å². The molecule has 1 fully saturated rings. The number of amides is 1. The molecule has 0 saturated carbocycles. The van der Waals surface area contributed by atoms with Crippen molar-refractivity contribution in [2.45, 2.75) is 26.8 Å². The molecule has 0 spiro atoms. The van der Waals surface area contributed by atoms with Gasteiger partial charge in [0.05, 0.1) is 11.6 Å². The van der Waals surface area contributed by atoms with Crippen molar-refractivity contribution >= 4 is 34.5 Å². The minimum absolute atomic E-state index is 0.0613. The van der Waals surface area contributed by atoms with Gasteiger partial charge in [-0.05, 0) is 32.0 Å². The van der Waals surface area contributed by atoms with Gasteiger partial charge in [0.1, 0.15) is 17.5 Å². The number of nitrogens with one attached hydrogen (secondary N) is 1. The molecule has 4 rings (SSSR count). The Balaban J connectivity index is 1.71. The second kappa shape index (κ2) is 8.29. The highest BCUT2D eigenvalue weighted by atomic mass is 19.1. The number of hydrogen-bond donors (Lipinski definition) is 2. The van der Waals surface area contributed by atoms with E-state index in [0.29, 0.717) is 43.5 Å². The van der Waals surface area contributed by atoms with Gasteiger partial charge in [-0.25, -0.2) is 9.37 Å². The molecule has 1 amide bonds. The van der Waals surface area contributed by atoms with Crippen LogP contribution in [0, 0.1) is 12.7 Å². The summed E-state index contributed by atoms with van der Waals surface area (Å²) in [6.07, 6.45) is 0. The second-order valence-electron chi connectivity index (χ2n) is 7.66.